The van der Waals surface area contributed by atoms with Crippen LogP contribution in [0.2, 0.25) is 0 Å². The van der Waals surface area contributed by atoms with Crippen LogP contribution in [0.4, 0.5) is 4.39 Å². The number of benzene rings is 2. The average molecular weight is 381 g/mol. The Morgan fingerprint density at radius 2 is 1.79 bits per heavy atom. The molecule has 4 nitrogen and oxygen atoms in total. The monoisotopic (exact) mass is 381 g/mol. The molecular formula is C23H24FNO3. The molecule has 0 aromatic heterocycles. The molecule has 0 radical (unpaired) electrons. The maximum absolute atomic E-state index is 14.1. The summed E-state index contributed by atoms with van der Waals surface area (Å²) in [5.74, 6) is -1.84. The molecule has 0 heterocycles. The number of halogens is 1. The molecule has 0 fully saturated rings. The van der Waals surface area contributed by atoms with Crippen molar-refractivity contribution < 1.29 is 14.3 Å². The van der Waals surface area contributed by atoms with Crippen molar-refractivity contribution in [3.8, 4) is 0 Å². The van der Waals surface area contributed by atoms with Gasteiger partial charge in [0.05, 0.1) is 5.56 Å². The maximum atomic E-state index is 14.1. The van der Waals surface area contributed by atoms with Gasteiger partial charge in [0.15, 0.2) is 0 Å². The molecule has 1 aliphatic rings. The van der Waals surface area contributed by atoms with E-state index < -0.39 is 17.8 Å². The molecule has 146 valence electrons. The van der Waals surface area contributed by atoms with E-state index in [1.807, 2.05) is 12.1 Å². The van der Waals surface area contributed by atoms with Crippen LogP contribution in [0.1, 0.15) is 72.8 Å². The minimum Gasteiger partial charge on any atom is -0.478 e. The molecule has 1 unspecified atom stereocenters. The zero-order chi connectivity index (χ0) is 20.7. The van der Waals surface area contributed by atoms with Crippen LogP contribution in [-0.2, 0) is 10.8 Å². The van der Waals surface area contributed by atoms with Gasteiger partial charge in [0.1, 0.15) is 11.9 Å². The molecule has 0 amide bonds. The third-order valence-corrected chi connectivity index (χ3v) is 5.55. The molecule has 1 N–H and O–H groups in total. The van der Waals surface area contributed by atoms with Crippen LogP contribution in [0.3, 0.4) is 0 Å². The molecule has 0 bridgehead atoms. The van der Waals surface area contributed by atoms with Gasteiger partial charge in [0, 0.05) is 5.56 Å². The van der Waals surface area contributed by atoms with E-state index in [9.17, 15) is 14.1 Å². The van der Waals surface area contributed by atoms with Gasteiger partial charge in [0.2, 0.25) is 0 Å². The van der Waals surface area contributed by atoms with E-state index in [1.165, 1.54) is 29.3 Å². The maximum Gasteiger partial charge on any atom is 0.335 e. The van der Waals surface area contributed by atoms with Gasteiger partial charge in [-0.3, -0.25) is 0 Å². The average Bonchev–Trinajstić information content (AvgIpc) is 2.80. The number of carboxylic acids is 1. The summed E-state index contributed by atoms with van der Waals surface area (Å²) in [7, 11) is 0. The number of nitroso groups, excluding NO2 is 1. The second-order valence-corrected chi connectivity index (χ2v) is 8.70. The molecule has 0 saturated carbocycles. The van der Waals surface area contributed by atoms with Gasteiger partial charge >= 0.3 is 5.97 Å². The largest absolute Gasteiger partial charge is 0.478 e. The first-order valence-corrected chi connectivity index (χ1v) is 9.23. The van der Waals surface area contributed by atoms with Crippen molar-refractivity contribution in [1.82, 2.24) is 0 Å². The van der Waals surface area contributed by atoms with E-state index >= 15 is 0 Å². The Balaban J connectivity index is 1.92. The highest BCUT2D eigenvalue weighted by Crippen LogP contribution is 2.49. The van der Waals surface area contributed by atoms with Crippen molar-refractivity contribution in [1.29, 1.82) is 0 Å². The van der Waals surface area contributed by atoms with Crippen LogP contribution in [0, 0.1) is 10.7 Å². The summed E-state index contributed by atoms with van der Waals surface area (Å²) >= 11 is 0. The molecular weight excluding hydrogens is 357 g/mol. The van der Waals surface area contributed by atoms with Crippen molar-refractivity contribution in [2.75, 3.05) is 0 Å². The summed E-state index contributed by atoms with van der Waals surface area (Å²) < 4.78 is 14.1. The lowest BCUT2D eigenvalue weighted by molar-refractivity contribution is 0.0696. The first-order chi connectivity index (χ1) is 13.0. The van der Waals surface area contributed by atoms with Gasteiger partial charge in [-0.15, -0.1) is 4.91 Å². The zero-order valence-electron chi connectivity index (χ0n) is 16.5. The third kappa shape index (κ3) is 3.61. The molecule has 2 aromatic rings. The highest BCUT2D eigenvalue weighted by atomic mass is 19.1. The predicted octanol–water partition coefficient (Wildman–Crippen LogP) is 6.00. The normalized spacial score (nSPS) is 18.0. The minimum absolute atomic E-state index is 0.00473. The highest BCUT2D eigenvalue weighted by molar-refractivity contribution is 5.87. The summed E-state index contributed by atoms with van der Waals surface area (Å²) in [6.45, 7) is 8.84. The molecule has 2 aromatic carbocycles. The number of rotatable bonds is 5. The number of nitrogens with zero attached hydrogens (tertiary/aromatic N) is 1. The van der Waals surface area contributed by atoms with Crippen LogP contribution in [-0.4, -0.2) is 11.1 Å². The van der Waals surface area contributed by atoms with Gasteiger partial charge < -0.3 is 5.11 Å². The number of hydrogen-bond donors (Lipinski definition) is 1. The second kappa shape index (κ2) is 6.97. The fourth-order valence-electron chi connectivity index (χ4n) is 4.39. The van der Waals surface area contributed by atoms with Crippen LogP contribution >= 0.6 is 0 Å². The summed E-state index contributed by atoms with van der Waals surface area (Å²) in [4.78, 5) is 22.4. The summed E-state index contributed by atoms with van der Waals surface area (Å²) in [6.07, 6.45) is 4.03. The molecule has 3 rings (SSSR count). The van der Waals surface area contributed by atoms with E-state index in [4.69, 9.17) is 5.11 Å². The topological polar surface area (TPSA) is 66.7 Å². The van der Waals surface area contributed by atoms with Crippen LogP contribution in [0.5, 0.6) is 0 Å². The highest BCUT2D eigenvalue weighted by Gasteiger charge is 2.41. The third-order valence-electron chi connectivity index (χ3n) is 5.55. The lowest BCUT2D eigenvalue weighted by Gasteiger charge is -2.22. The quantitative estimate of drug-likeness (QED) is 0.646. The van der Waals surface area contributed by atoms with Gasteiger partial charge in [-0.05, 0) is 46.1 Å². The zero-order valence-corrected chi connectivity index (χ0v) is 16.5. The van der Waals surface area contributed by atoms with E-state index in [1.54, 1.807) is 6.08 Å². The molecule has 0 aliphatic heterocycles. The van der Waals surface area contributed by atoms with Crippen LogP contribution < -0.4 is 0 Å². The van der Waals surface area contributed by atoms with Crippen molar-refractivity contribution in [3.63, 3.8) is 0 Å². The number of hydrogen-bond acceptors (Lipinski definition) is 3. The predicted molar refractivity (Wildman–Crippen MR) is 108 cm³/mol. The number of carboxylic acid groups (broad SMARTS) is 1. The summed E-state index contributed by atoms with van der Waals surface area (Å²) in [5, 5.41) is 12.1. The Morgan fingerprint density at radius 1 is 1.11 bits per heavy atom. The first-order valence-electron chi connectivity index (χ1n) is 9.23. The molecule has 28 heavy (non-hydrogen) atoms. The Labute approximate surface area is 164 Å². The first kappa shape index (κ1) is 19.9. The number of carbonyl (C=O) groups is 1. The lowest BCUT2D eigenvalue weighted by atomic mass is 9.82. The Bertz CT molecular complexity index is 976. The van der Waals surface area contributed by atoms with Crippen LogP contribution in [0.25, 0.3) is 6.08 Å². The van der Waals surface area contributed by atoms with E-state index in [2.05, 4.69) is 38.9 Å². The Hall–Kier alpha value is -2.82. The van der Waals surface area contributed by atoms with E-state index in [0.29, 0.717) is 0 Å². The van der Waals surface area contributed by atoms with Gasteiger partial charge in [-0.2, -0.15) is 0 Å². The van der Waals surface area contributed by atoms with E-state index in [0.717, 1.165) is 18.1 Å². The molecule has 1 aliphatic carbocycles. The van der Waals surface area contributed by atoms with Crippen molar-refractivity contribution in [2.45, 2.75) is 51.0 Å². The van der Waals surface area contributed by atoms with Crippen LogP contribution in [0.15, 0.2) is 47.7 Å². The van der Waals surface area contributed by atoms with Crippen molar-refractivity contribution >= 4 is 12.0 Å². The summed E-state index contributed by atoms with van der Waals surface area (Å²) in [5.41, 5.74) is 3.43. The molecule has 1 atom stereocenters. The fraction of sp³-hybridized carbons (Fsp3) is 0.348. The minimum atomic E-state index is -1.19. The van der Waals surface area contributed by atoms with Gasteiger partial charge in [0.25, 0.3) is 0 Å². The molecule has 0 spiro atoms. The SMILES string of the molecule is CC1(C)CC(C)(C)c2cc(C(C=Cc3ccc(C(=O)O)cc3F)N=O)ccc21. The van der Waals surface area contributed by atoms with Crippen molar-refractivity contribution in [3.05, 3.63) is 81.0 Å². The van der Waals surface area contributed by atoms with Gasteiger partial charge in [-0.25, -0.2) is 9.18 Å². The summed E-state index contributed by atoms with van der Waals surface area (Å²) in [6, 6.07) is 8.93. The van der Waals surface area contributed by atoms with E-state index in [-0.39, 0.29) is 22.0 Å². The standard InChI is InChI=1S/C23H24FNO3/c1-22(2)13-23(3,4)18-11-15(7-9-17(18)22)20(25-28)10-8-14-5-6-16(21(26)27)12-19(14)24/h5-12,20H,13H2,1-4H3,(H,26,27). The molecule has 0 saturated heterocycles. The Kier molecular flexibility index (Phi) is 4.96. The molecule has 5 heteroatoms. The fourth-order valence-corrected chi connectivity index (χ4v) is 4.39. The van der Waals surface area contributed by atoms with Gasteiger partial charge in [-0.1, -0.05) is 69.3 Å². The number of aromatic carboxylic acids is 1. The Morgan fingerprint density at radius 3 is 2.39 bits per heavy atom. The lowest BCUT2D eigenvalue weighted by Crippen LogP contribution is -2.18. The smallest absolute Gasteiger partial charge is 0.335 e. The second-order valence-electron chi connectivity index (χ2n) is 8.70. The number of fused-ring (bicyclic) bond motifs is 1. The van der Waals surface area contributed by atoms with Crippen molar-refractivity contribution in [2.24, 2.45) is 5.18 Å².